The first-order valence-electron chi connectivity index (χ1n) is 6.42. The third kappa shape index (κ3) is 2.62. The molecule has 0 aliphatic rings. The quantitative estimate of drug-likeness (QED) is 0.697. The second-order valence-electron chi connectivity index (χ2n) is 4.85. The highest BCUT2D eigenvalue weighted by Crippen LogP contribution is 2.30. The lowest BCUT2D eigenvalue weighted by Gasteiger charge is -2.10. The number of carboxylic acids is 1. The predicted octanol–water partition coefficient (Wildman–Crippen LogP) is 4.94. The van der Waals surface area contributed by atoms with Gasteiger partial charge in [0.1, 0.15) is 5.82 Å². The summed E-state index contributed by atoms with van der Waals surface area (Å²) in [6, 6.07) is 9.85. The van der Waals surface area contributed by atoms with Crippen molar-refractivity contribution in [3.63, 3.8) is 0 Å². The smallest absolute Gasteiger partial charge is 0.338 e. The molecule has 1 N–H and O–H groups in total. The van der Waals surface area contributed by atoms with Gasteiger partial charge in [-0.2, -0.15) is 0 Å². The Morgan fingerprint density at radius 1 is 1.32 bits per heavy atom. The van der Waals surface area contributed by atoms with E-state index in [1.807, 2.05) is 22.9 Å². The van der Waals surface area contributed by atoms with Gasteiger partial charge in [0.25, 0.3) is 0 Å². The average molecular weight is 383 g/mol. The summed E-state index contributed by atoms with van der Waals surface area (Å²) in [6.07, 6.45) is 1.82. The summed E-state index contributed by atoms with van der Waals surface area (Å²) in [7, 11) is 0. The first kappa shape index (κ1) is 15.1. The van der Waals surface area contributed by atoms with Crippen molar-refractivity contribution in [1.82, 2.24) is 4.57 Å². The van der Waals surface area contributed by atoms with Crippen molar-refractivity contribution < 1.29 is 14.3 Å². The van der Waals surface area contributed by atoms with Gasteiger partial charge < -0.3 is 9.67 Å². The molecular formula is C16H10BrClFNO2. The number of aromatic carboxylic acids is 1. The van der Waals surface area contributed by atoms with Crippen molar-refractivity contribution in [1.29, 1.82) is 0 Å². The Hall–Kier alpha value is -1.85. The summed E-state index contributed by atoms with van der Waals surface area (Å²) in [5, 5.41) is 10.5. The van der Waals surface area contributed by atoms with E-state index in [4.69, 9.17) is 16.7 Å². The Balaban J connectivity index is 2.08. The van der Waals surface area contributed by atoms with E-state index < -0.39 is 11.8 Å². The second-order valence-corrected chi connectivity index (χ2v) is 6.14. The predicted molar refractivity (Wildman–Crippen MR) is 87.1 cm³/mol. The van der Waals surface area contributed by atoms with Crippen LogP contribution in [0.4, 0.5) is 4.39 Å². The molecule has 0 aliphatic heterocycles. The number of nitrogens with zero attached hydrogens (tertiary/aromatic N) is 1. The van der Waals surface area contributed by atoms with Crippen molar-refractivity contribution in [2.24, 2.45) is 0 Å². The number of carboxylic acid groups (broad SMARTS) is 1. The third-order valence-electron chi connectivity index (χ3n) is 3.43. The fourth-order valence-electron chi connectivity index (χ4n) is 2.44. The van der Waals surface area contributed by atoms with Gasteiger partial charge in [-0.25, -0.2) is 9.18 Å². The monoisotopic (exact) mass is 381 g/mol. The van der Waals surface area contributed by atoms with E-state index in [2.05, 4.69) is 15.9 Å². The third-order valence-corrected chi connectivity index (χ3v) is 4.25. The molecule has 3 rings (SSSR count). The van der Waals surface area contributed by atoms with E-state index in [0.29, 0.717) is 10.6 Å². The highest BCUT2D eigenvalue weighted by molar-refractivity contribution is 9.10. The molecule has 0 radical (unpaired) electrons. The molecular weight excluding hydrogens is 373 g/mol. The van der Waals surface area contributed by atoms with Crippen molar-refractivity contribution in [2.45, 2.75) is 6.54 Å². The standard InChI is InChI=1S/C16H10BrClFNO2/c17-13-7-11(18)6-9-4-5-20(15(9)13)8-10-2-1-3-12(14(10)19)16(21)22/h1-7H,8H2,(H,21,22). The largest absolute Gasteiger partial charge is 0.478 e. The Morgan fingerprint density at radius 3 is 2.82 bits per heavy atom. The molecule has 3 aromatic rings. The van der Waals surface area contributed by atoms with Crippen LogP contribution in [0.2, 0.25) is 5.02 Å². The van der Waals surface area contributed by atoms with E-state index in [9.17, 15) is 9.18 Å². The lowest BCUT2D eigenvalue weighted by atomic mass is 10.1. The molecule has 0 saturated heterocycles. The highest BCUT2D eigenvalue weighted by Gasteiger charge is 2.15. The van der Waals surface area contributed by atoms with Crippen LogP contribution < -0.4 is 0 Å². The lowest BCUT2D eigenvalue weighted by molar-refractivity contribution is 0.0691. The number of fused-ring (bicyclic) bond motifs is 1. The van der Waals surface area contributed by atoms with Gasteiger partial charge in [0.2, 0.25) is 0 Å². The van der Waals surface area contributed by atoms with Gasteiger partial charge in [0.15, 0.2) is 0 Å². The van der Waals surface area contributed by atoms with E-state index >= 15 is 0 Å². The van der Waals surface area contributed by atoms with Gasteiger partial charge in [-0.1, -0.05) is 23.7 Å². The molecule has 2 aromatic carbocycles. The topological polar surface area (TPSA) is 42.2 Å². The number of benzene rings is 2. The van der Waals surface area contributed by atoms with Gasteiger partial charge in [-0.05, 0) is 40.2 Å². The Morgan fingerprint density at radius 2 is 2.09 bits per heavy atom. The summed E-state index contributed by atoms with van der Waals surface area (Å²) in [5.41, 5.74) is 0.875. The van der Waals surface area contributed by atoms with Crippen LogP contribution in [0.5, 0.6) is 0 Å². The Labute approximate surface area is 139 Å². The van der Waals surface area contributed by atoms with Crippen molar-refractivity contribution in [2.75, 3.05) is 0 Å². The minimum atomic E-state index is -1.27. The van der Waals surface area contributed by atoms with Gasteiger partial charge in [0.05, 0.1) is 17.6 Å². The van der Waals surface area contributed by atoms with E-state index in [1.165, 1.54) is 6.07 Å². The number of aromatic nitrogens is 1. The fraction of sp³-hybridized carbons (Fsp3) is 0.0625. The number of halogens is 3. The van der Waals surface area contributed by atoms with Gasteiger partial charge in [-0.3, -0.25) is 0 Å². The van der Waals surface area contributed by atoms with Gasteiger partial charge in [-0.15, -0.1) is 0 Å². The molecule has 1 aromatic heterocycles. The molecule has 0 atom stereocenters. The molecule has 0 amide bonds. The zero-order valence-electron chi connectivity index (χ0n) is 11.2. The number of rotatable bonds is 3. The molecule has 22 heavy (non-hydrogen) atoms. The zero-order valence-corrected chi connectivity index (χ0v) is 13.5. The van der Waals surface area contributed by atoms with E-state index in [1.54, 1.807) is 18.2 Å². The summed E-state index contributed by atoms with van der Waals surface area (Å²) in [4.78, 5) is 11.0. The highest BCUT2D eigenvalue weighted by atomic mass is 79.9. The molecule has 112 valence electrons. The lowest BCUT2D eigenvalue weighted by Crippen LogP contribution is -2.07. The average Bonchev–Trinajstić information content (AvgIpc) is 2.83. The fourth-order valence-corrected chi connectivity index (χ4v) is 3.50. The molecule has 6 heteroatoms. The normalized spacial score (nSPS) is 11.0. The molecule has 0 spiro atoms. The van der Waals surface area contributed by atoms with Crippen LogP contribution >= 0.6 is 27.5 Å². The SMILES string of the molecule is O=C(O)c1cccc(Cn2ccc3cc(Cl)cc(Br)c32)c1F. The second kappa shape index (κ2) is 5.74. The first-order valence-corrected chi connectivity index (χ1v) is 7.59. The molecule has 3 nitrogen and oxygen atoms in total. The first-order chi connectivity index (χ1) is 10.5. The van der Waals surface area contributed by atoms with Crippen LogP contribution in [-0.2, 0) is 6.54 Å². The maximum Gasteiger partial charge on any atom is 0.338 e. The minimum absolute atomic E-state index is 0.233. The van der Waals surface area contributed by atoms with E-state index in [0.717, 1.165) is 15.4 Å². The minimum Gasteiger partial charge on any atom is -0.478 e. The summed E-state index contributed by atoms with van der Waals surface area (Å²) < 4.78 is 16.9. The zero-order chi connectivity index (χ0) is 15.9. The molecule has 1 heterocycles. The number of hydrogen-bond acceptors (Lipinski definition) is 1. The number of carbonyl (C=O) groups is 1. The van der Waals surface area contributed by atoms with E-state index in [-0.39, 0.29) is 12.1 Å². The summed E-state index contributed by atoms with van der Waals surface area (Å²) in [6.45, 7) is 0.233. The van der Waals surface area contributed by atoms with Crippen LogP contribution in [0.1, 0.15) is 15.9 Å². The van der Waals surface area contributed by atoms with Crippen LogP contribution in [0.25, 0.3) is 10.9 Å². The number of hydrogen-bond donors (Lipinski definition) is 1. The maximum absolute atomic E-state index is 14.3. The van der Waals surface area contributed by atoms with Crippen LogP contribution in [-0.4, -0.2) is 15.6 Å². The summed E-state index contributed by atoms with van der Waals surface area (Å²) >= 11 is 9.46. The van der Waals surface area contributed by atoms with Crippen LogP contribution in [0, 0.1) is 5.82 Å². The van der Waals surface area contributed by atoms with Crippen LogP contribution in [0.3, 0.4) is 0 Å². The maximum atomic E-state index is 14.3. The molecule has 0 saturated carbocycles. The van der Waals surface area contributed by atoms with Gasteiger partial charge in [0, 0.05) is 26.6 Å². The van der Waals surface area contributed by atoms with Crippen molar-refractivity contribution >= 4 is 44.4 Å². The Bertz CT molecular complexity index is 891. The molecule has 0 aliphatic carbocycles. The molecule has 0 fully saturated rings. The molecule has 0 unspecified atom stereocenters. The Kier molecular flexibility index (Phi) is 3.93. The van der Waals surface area contributed by atoms with Crippen LogP contribution in [0.15, 0.2) is 47.1 Å². The van der Waals surface area contributed by atoms with Gasteiger partial charge >= 0.3 is 5.97 Å². The van der Waals surface area contributed by atoms with Crippen molar-refractivity contribution in [3.05, 3.63) is 69.0 Å². The molecule has 0 bridgehead atoms. The van der Waals surface area contributed by atoms with Crippen molar-refractivity contribution in [3.8, 4) is 0 Å². The summed E-state index contributed by atoms with van der Waals surface area (Å²) in [5.74, 6) is -1.98.